The summed E-state index contributed by atoms with van der Waals surface area (Å²) in [6.07, 6.45) is 1.56. The van der Waals surface area contributed by atoms with Crippen LogP contribution in [0.1, 0.15) is 45.6 Å². The normalized spacial score (nSPS) is 20.7. The second kappa shape index (κ2) is 10.8. The number of nitrogens with zero attached hydrogens (tertiary/aromatic N) is 2. The van der Waals surface area contributed by atoms with E-state index in [1.54, 1.807) is 14.2 Å². The summed E-state index contributed by atoms with van der Waals surface area (Å²) < 4.78 is 22.6. The van der Waals surface area contributed by atoms with Crippen LogP contribution >= 0.6 is 0 Å². The maximum Gasteiger partial charge on any atom is 0.407 e. The lowest BCUT2D eigenvalue weighted by molar-refractivity contribution is -0.192. The van der Waals surface area contributed by atoms with E-state index in [-0.39, 0.29) is 31.6 Å². The highest BCUT2D eigenvalue weighted by atomic mass is 16.5. The van der Waals surface area contributed by atoms with Gasteiger partial charge in [-0.3, -0.25) is 4.79 Å². The lowest BCUT2D eigenvalue weighted by atomic mass is 9.74. The lowest BCUT2D eigenvalue weighted by Gasteiger charge is -2.50. The van der Waals surface area contributed by atoms with Gasteiger partial charge in [-0.05, 0) is 30.5 Å². The first-order valence-corrected chi connectivity index (χ1v) is 11.8. The van der Waals surface area contributed by atoms with Gasteiger partial charge in [0, 0.05) is 50.8 Å². The molecular weight excluding hydrogens is 440 g/mol. The first-order valence-electron chi connectivity index (χ1n) is 11.8. The Kier molecular flexibility index (Phi) is 8.30. The molecule has 1 N–H and O–H groups in total. The molecule has 1 aromatic carbocycles. The number of ether oxygens (including phenoxy) is 4. The van der Waals surface area contributed by atoms with Crippen LogP contribution in [0.15, 0.2) is 18.2 Å². The number of morpholine rings is 1. The minimum absolute atomic E-state index is 0.0137. The van der Waals surface area contributed by atoms with Crippen molar-refractivity contribution in [2.24, 2.45) is 5.41 Å². The van der Waals surface area contributed by atoms with Crippen molar-refractivity contribution < 1.29 is 33.6 Å². The number of hydrogen-bond donors (Lipinski definition) is 1. The molecule has 0 unspecified atom stereocenters. The Morgan fingerprint density at radius 3 is 2.47 bits per heavy atom. The number of carboxylic acid groups (broad SMARTS) is 1. The van der Waals surface area contributed by atoms with Gasteiger partial charge in [-0.15, -0.1) is 0 Å². The summed E-state index contributed by atoms with van der Waals surface area (Å²) in [6.45, 7) is 7.73. The monoisotopic (exact) mass is 478 g/mol. The molecule has 3 rings (SSSR count). The van der Waals surface area contributed by atoms with Crippen molar-refractivity contribution in [1.29, 1.82) is 0 Å². The van der Waals surface area contributed by atoms with Gasteiger partial charge in [0.1, 0.15) is 11.5 Å². The molecule has 0 aromatic heterocycles. The van der Waals surface area contributed by atoms with Crippen molar-refractivity contribution in [3.63, 3.8) is 0 Å². The van der Waals surface area contributed by atoms with Gasteiger partial charge in [-0.1, -0.05) is 20.8 Å². The highest BCUT2D eigenvalue weighted by Crippen LogP contribution is 2.41. The van der Waals surface area contributed by atoms with E-state index in [0.717, 1.165) is 24.8 Å². The number of amides is 2. The standard InChI is InChI=1S/C25H38N2O7/c1-24(2,3)25(17-26(23(29)30)9-12-34-25)22(28)27(19-7-8-19)16-18-13-20(32-5)15-21(14-18)33-11-6-10-31-4/h13-15,19H,6-12,16-17H2,1-5H3,(H,29,30)/t25-/m1/s1. The van der Waals surface area contributed by atoms with Crippen LogP contribution in [0.25, 0.3) is 0 Å². The molecule has 9 nitrogen and oxygen atoms in total. The smallest absolute Gasteiger partial charge is 0.407 e. The van der Waals surface area contributed by atoms with Gasteiger partial charge in [0.05, 0.1) is 26.9 Å². The van der Waals surface area contributed by atoms with Crippen molar-refractivity contribution in [2.45, 2.75) is 58.2 Å². The largest absolute Gasteiger partial charge is 0.497 e. The number of rotatable bonds is 10. The molecule has 1 aliphatic carbocycles. The van der Waals surface area contributed by atoms with Crippen LogP contribution < -0.4 is 9.47 Å². The Morgan fingerprint density at radius 2 is 1.88 bits per heavy atom. The summed E-state index contributed by atoms with van der Waals surface area (Å²) in [4.78, 5) is 29.0. The van der Waals surface area contributed by atoms with Crippen molar-refractivity contribution in [3.05, 3.63) is 23.8 Å². The molecule has 2 fully saturated rings. The SMILES string of the molecule is COCCCOc1cc(CN(C(=O)[C@@]2(C(C)(C)C)CN(C(=O)O)CCO2)C2CC2)cc(OC)c1. The predicted molar refractivity (Wildman–Crippen MR) is 126 cm³/mol. The second-order valence-electron chi connectivity index (χ2n) is 10.0. The zero-order valence-electron chi connectivity index (χ0n) is 21.0. The fourth-order valence-electron chi connectivity index (χ4n) is 4.29. The molecule has 1 saturated carbocycles. The molecule has 1 aliphatic heterocycles. The fourth-order valence-corrected chi connectivity index (χ4v) is 4.29. The molecule has 0 bridgehead atoms. The number of carbonyl (C=O) groups is 2. The van der Waals surface area contributed by atoms with Gasteiger partial charge < -0.3 is 33.9 Å². The minimum Gasteiger partial charge on any atom is -0.497 e. The molecule has 0 radical (unpaired) electrons. The second-order valence-corrected chi connectivity index (χ2v) is 10.0. The third kappa shape index (κ3) is 5.93. The third-order valence-corrected chi connectivity index (χ3v) is 6.49. The van der Waals surface area contributed by atoms with E-state index in [9.17, 15) is 14.7 Å². The Bertz CT molecular complexity index is 865. The first kappa shape index (κ1) is 26.1. The predicted octanol–water partition coefficient (Wildman–Crippen LogP) is 3.40. The molecule has 1 heterocycles. The van der Waals surface area contributed by atoms with E-state index in [1.165, 1.54) is 4.90 Å². The van der Waals surface area contributed by atoms with Gasteiger partial charge in [0.15, 0.2) is 5.60 Å². The number of carbonyl (C=O) groups excluding carboxylic acids is 1. The quantitative estimate of drug-likeness (QED) is 0.515. The Balaban J connectivity index is 1.87. The summed E-state index contributed by atoms with van der Waals surface area (Å²) in [5.74, 6) is 1.16. The average Bonchev–Trinajstić information content (AvgIpc) is 3.64. The molecule has 2 aliphatic rings. The summed E-state index contributed by atoms with van der Waals surface area (Å²) >= 11 is 0. The maximum absolute atomic E-state index is 14.1. The molecule has 9 heteroatoms. The van der Waals surface area contributed by atoms with Crippen LogP contribution in [0.4, 0.5) is 4.79 Å². The van der Waals surface area contributed by atoms with Crippen LogP contribution in [0.3, 0.4) is 0 Å². The van der Waals surface area contributed by atoms with Gasteiger partial charge in [-0.2, -0.15) is 0 Å². The molecule has 1 aromatic rings. The molecule has 34 heavy (non-hydrogen) atoms. The van der Waals surface area contributed by atoms with Crippen LogP contribution in [0.2, 0.25) is 0 Å². The van der Waals surface area contributed by atoms with Crippen molar-refractivity contribution in [2.75, 3.05) is 47.1 Å². The lowest BCUT2D eigenvalue weighted by Crippen LogP contribution is -2.67. The minimum atomic E-state index is -1.26. The summed E-state index contributed by atoms with van der Waals surface area (Å²) in [6, 6.07) is 5.76. The van der Waals surface area contributed by atoms with Gasteiger partial charge in [0.2, 0.25) is 0 Å². The van der Waals surface area contributed by atoms with Gasteiger partial charge in [0.25, 0.3) is 5.91 Å². The fraction of sp³-hybridized carbons (Fsp3) is 0.680. The molecular formula is C25H38N2O7. The maximum atomic E-state index is 14.1. The molecule has 1 atom stereocenters. The van der Waals surface area contributed by atoms with E-state index < -0.39 is 17.1 Å². The van der Waals surface area contributed by atoms with Gasteiger partial charge >= 0.3 is 6.09 Å². The van der Waals surface area contributed by atoms with Gasteiger partial charge in [-0.25, -0.2) is 4.79 Å². The Hall–Kier alpha value is -2.52. The van der Waals surface area contributed by atoms with E-state index >= 15 is 0 Å². The highest BCUT2D eigenvalue weighted by molar-refractivity contribution is 5.88. The topological polar surface area (TPSA) is 97.8 Å². The van der Waals surface area contributed by atoms with Crippen molar-refractivity contribution >= 4 is 12.0 Å². The number of methoxy groups -OCH3 is 2. The molecule has 1 saturated heterocycles. The number of hydrogen-bond acceptors (Lipinski definition) is 6. The summed E-state index contributed by atoms with van der Waals surface area (Å²) in [5.41, 5.74) is -0.976. The van der Waals surface area contributed by atoms with Crippen LogP contribution in [0, 0.1) is 5.41 Å². The Morgan fingerprint density at radius 1 is 1.18 bits per heavy atom. The highest BCUT2D eigenvalue weighted by Gasteiger charge is 2.56. The van der Waals surface area contributed by atoms with E-state index in [1.807, 2.05) is 43.9 Å². The summed E-state index contributed by atoms with van der Waals surface area (Å²) in [5, 5.41) is 9.62. The third-order valence-electron chi connectivity index (χ3n) is 6.49. The first-order chi connectivity index (χ1) is 16.1. The van der Waals surface area contributed by atoms with Crippen LogP contribution in [-0.4, -0.2) is 85.7 Å². The number of benzene rings is 1. The molecule has 0 spiro atoms. The van der Waals surface area contributed by atoms with E-state index in [0.29, 0.717) is 31.3 Å². The van der Waals surface area contributed by atoms with E-state index in [2.05, 4.69) is 0 Å². The van der Waals surface area contributed by atoms with Crippen molar-refractivity contribution in [3.8, 4) is 11.5 Å². The zero-order chi connectivity index (χ0) is 24.9. The summed E-state index contributed by atoms with van der Waals surface area (Å²) in [7, 11) is 3.26. The van der Waals surface area contributed by atoms with E-state index in [4.69, 9.17) is 18.9 Å². The van der Waals surface area contributed by atoms with Crippen LogP contribution in [0.5, 0.6) is 11.5 Å². The molecule has 190 valence electrons. The average molecular weight is 479 g/mol. The van der Waals surface area contributed by atoms with Crippen molar-refractivity contribution in [1.82, 2.24) is 9.80 Å². The molecule has 2 amide bonds. The Labute approximate surface area is 201 Å². The van der Waals surface area contributed by atoms with Crippen LogP contribution in [-0.2, 0) is 20.8 Å². The zero-order valence-corrected chi connectivity index (χ0v) is 21.0.